The molecule has 1 heterocycles. The Morgan fingerprint density at radius 2 is 1.38 bits per heavy atom. The highest BCUT2D eigenvalue weighted by atomic mass is 28.3. The van der Waals surface area contributed by atoms with E-state index >= 15 is 0 Å². The van der Waals surface area contributed by atoms with Crippen LogP contribution < -0.4 is 0 Å². The fourth-order valence-electron chi connectivity index (χ4n) is 1.96. The quantitative estimate of drug-likeness (QED) is 0.561. The highest BCUT2D eigenvalue weighted by Crippen LogP contribution is 2.44. The molecule has 0 bridgehead atoms. The molecular weight excluding hydrogens is 276 g/mol. The normalized spacial score (nSPS) is 20.9. The van der Waals surface area contributed by atoms with Crippen LogP contribution in [0.5, 0.6) is 0 Å². The second-order valence-electron chi connectivity index (χ2n) is 7.71. The standard InChI is InChI=1S/C18H26O2Si/c1-17(2)18(3,4)20-16(19-17)15-10-8-14(9-11-15)12-13-21(5,6)7/h8-11,16H,1-7H3. The van der Waals surface area contributed by atoms with Crippen LogP contribution in [0.15, 0.2) is 24.3 Å². The van der Waals surface area contributed by atoms with Crippen molar-refractivity contribution >= 4 is 8.07 Å². The van der Waals surface area contributed by atoms with E-state index in [-0.39, 0.29) is 17.5 Å². The van der Waals surface area contributed by atoms with Crippen LogP contribution >= 0.6 is 0 Å². The lowest BCUT2D eigenvalue weighted by Crippen LogP contribution is -2.41. The largest absolute Gasteiger partial charge is 0.339 e. The van der Waals surface area contributed by atoms with Crippen LogP contribution in [-0.4, -0.2) is 19.3 Å². The fourth-order valence-corrected chi connectivity index (χ4v) is 2.48. The van der Waals surface area contributed by atoms with Gasteiger partial charge in [0.2, 0.25) is 0 Å². The van der Waals surface area contributed by atoms with Crippen molar-refractivity contribution in [2.24, 2.45) is 0 Å². The second kappa shape index (κ2) is 5.28. The molecule has 21 heavy (non-hydrogen) atoms. The predicted molar refractivity (Wildman–Crippen MR) is 89.7 cm³/mol. The lowest BCUT2D eigenvalue weighted by molar-refractivity contribution is -0.0895. The van der Waals surface area contributed by atoms with E-state index in [4.69, 9.17) is 9.47 Å². The van der Waals surface area contributed by atoms with E-state index in [1.807, 2.05) is 12.1 Å². The molecule has 0 atom stereocenters. The minimum Gasteiger partial charge on any atom is -0.339 e. The van der Waals surface area contributed by atoms with Crippen molar-refractivity contribution in [2.75, 3.05) is 0 Å². The zero-order valence-electron chi connectivity index (χ0n) is 14.2. The Morgan fingerprint density at radius 1 is 0.905 bits per heavy atom. The van der Waals surface area contributed by atoms with Crippen molar-refractivity contribution in [3.63, 3.8) is 0 Å². The number of ether oxygens (including phenoxy) is 2. The van der Waals surface area contributed by atoms with Crippen molar-refractivity contribution in [3.8, 4) is 11.5 Å². The third-order valence-corrected chi connectivity index (χ3v) is 4.89. The number of rotatable bonds is 1. The summed E-state index contributed by atoms with van der Waals surface area (Å²) in [6.07, 6.45) is -0.297. The van der Waals surface area contributed by atoms with E-state index in [0.717, 1.165) is 11.1 Å². The zero-order valence-corrected chi connectivity index (χ0v) is 15.2. The first kappa shape index (κ1) is 16.3. The molecule has 0 amide bonds. The Balaban J connectivity index is 2.16. The van der Waals surface area contributed by atoms with Gasteiger partial charge in [-0.05, 0) is 39.8 Å². The number of hydrogen-bond donors (Lipinski definition) is 0. The summed E-state index contributed by atoms with van der Waals surface area (Å²) in [5.74, 6) is 3.26. The van der Waals surface area contributed by atoms with Gasteiger partial charge in [0.05, 0.1) is 11.2 Å². The van der Waals surface area contributed by atoms with Gasteiger partial charge < -0.3 is 9.47 Å². The van der Waals surface area contributed by atoms with Gasteiger partial charge in [-0.2, -0.15) is 0 Å². The van der Waals surface area contributed by atoms with Crippen molar-refractivity contribution in [3.05, 3.63) is 35.4 Å². The van der Waals surface area contributed by atoms with E-state index in [2.05, 4.69) is 70.9 Å². The third-order valence-electron chi connectivity index (χ3n) is 4.02. The molecule has 1 aliphatic heterocycles. The second-order valence-corrected chi connectivity index (χ2v) is 12.5. The predicted octanol–water partition coefficient (Wildman–Crippen LogP) is 4.52. The summed E-state index contributed by atoms with van der Waals surface area (Å²) in [5, 5.41) is 0. The first-order valence-corrected chi connectivity index (χ1v) is 11.0. The molecule has 1 fully saturated rings. The van der Waals surface area contributed by atoms with Crippen molar-refractivity contribution in [2.45, 2.75) is 64.8 Å². The van der Waals surface area contributed by atoms with Gasteiger partial charge >= 0.3 is 0 Å². The summed E-state index contributed by atoms with van der Waals surface area (Å²) >= 11 is 0. The Kier molecular flexibility index (Phi) is 4.09. The Bertz CT molecular complexity index is 552. The summed E-state index contributed by atoms with van der Waals surface area (Å²) < 4.78 is 12.1. The van der Waals surface area contributed by atoms with Crippen LogP contribution in [0.25, 0.3) is 0 Å². The van der Waals surface area contributed by atoms with Gasteiger partial charge in [-0.1, -0.05) is 37.7 Å². The smallest absolute Gasteiger partial charge is 0.185 e. The zero-order chi connectivity index (χ0) is 15.9. The molecule has 0 radical (unpaired) electrons. The van der Waals surface area contributed by atoms with E-state index in [1.54, 1.807) is 0 Å². The van der Waals surface area contributed by atoms with E-state index in [0.29, 0.717) is 0 Å². The first-order chi connectivity index (χ1) is 9.50. The van der Waals surface area contributed by atoms with Gasteiger partial charge in [0.15, 0.2) is 6.29 Å². The van der Waals surface area contributed by atoms with Crippen molar-refractivity contribution in [1.82, 2.24) is 0 Å². The average Bonchev–Trinajstić information content (AvgIpc) is 2.56. The van der Waals surface area contributed by atoms with Gasteiger partial charge in [0, 0.05) is 11.1 Å². The SMILES string of the molecule is CC1(C)OC(c2ccc(C#C[Si](C)(C)C)cc2)OC1(C)C. The van der Waals surface area contributed by atoms with Crippen LogP contribution in [-0.2, 0) is 9.47 Å². The molecule has 0 saturated carbocycles. The van der Waals surface area contributed by atoms with Crippen molar-refractivity contribution < 1.29 is 9.47 Å². The molecule has 0 N–H and O–H groups in total. The maximum atomic E-state index is 6.05. The fraction of sp³-hybridized carbons (Fsp3) is 0.556. The average molecular weight is 302 g/mol. The molecule has 0 aromatic heterocycles. The molecule has 2 nitrogen and oxygen atoms in total. The molecular formula is C18H26O2Si. The summed E-state index contributed by atoms with van der Waals surface area (Å²) in [6, 6.07) is 8.20. The van der Waals surface area contributed by atoms with Gasteiger partial charge in [-0.15, -0.1) is 5.54 Å². The Morgan fingerprint density at radius 3 is 1.81 bits per heavy atom. The van der Waals surface area contributed by atoms with Gasteiger partial charge in [0.1, 0.15) is 8.07 Å². The topological polar surface area (TPSA) is 18.5 Å². The summed E-state index contributed by atoms with van der Waals surface area (Å²) in [6.45, 7) is 15.0. The summed E-state index contributed by atoms with van der Waals surface area (Å²) in [4.78, 5) is 0. The first-order valence-electron chi connectivity index (χ1n) is 7.49. The minimum atomic E-state index is -1.33. The van der Waals surface area contributed by atoms with Crippen LogP contribution in [0.1, 0.15) is 45.1 Å². The Hall–Kier alpha value is -1.08. The molecule has 114 valence electrons. The van der Waals surface area contributed by atoms with E-state index < -0.39 is 8.07 Å². The molecule has 1 aromatic carbocycles. The molecule has 1 aliphatic rings. The van der Waals surface area contributed by atoms with E-state index in [1.165, 1.54) is 0 Å². The molecule has 0 unspecified atom stereocenters. The Labute approximate surface area is 129 Å². The summed E-state index contributed by atoms with van der Waals surface area (Å²) in [7, 11) is -1.33. The van der Waals surface area contributed by atoms with Crippen LogP contribution in [0.3, 0.4) is 0 Å². The number of benzene rings is 1. The van der Waals surface area contributed by atoms with Gasteiger partial charge in [-0.25, -0.2) is 0 Å². The molecule has 1 saturated heterocycles. The molecule has 0 aliphatic carbocycles. The van der Waals surface area contributed by atoms with Gasteiger partial charge in [-0.3, -0.25) is 0 Å². The molecule has 0 spiro atoms. The lowest BCUT2D eigenvalue weighted by atomic mass is 9.90. The highest BCUT2D eigenvalue weighted by Gasteiger charge is 2.49. The maximum Gasteiger partial charge on any atom is 0.185 e. The van der Waals surface area contributed by atoms with Gasteiger partial charge in [0.25, 0.3) is 0 Å². The van der Waals surface area contributed by atoms with Crippen LogP contribution in [0.4, 0.5) is 0 Å². The maximum absolute atomic E-state index is 6.05. The summed E-state index contributed by atoms with van der Waals surface area (Å²) in [5.41, 5.74) is 4.89. The third kappa shape index (κ3) is 3.77. The van der Waals surface area contributed by atoms with Crippen LogP contribution in [0.2, 0.25) is 19.6 Å². The van der Waals surface area contributed by atoms with Crippen molar-refractivity contribution in [1.29, 1.82) is 0 Å². The minimum absolute atomic E-state index is 0.297. The molecule has 1 aromatic rings. The molecule has 2 rings (SSSR count). The monoisotopic (exact) mass is 302 g/mol. The molecule has 3 heteroatoms. The highest BCUT2D eigenvalue weighted by molar-refractivity contribution is 6.83. The number of hydrogen-bond acceptors (Lipinski definition) is 2. The van der Waals surface area contributed by atoms with E-state index in [9.17, 15) is 0 Å². The van der Waals surface area contributed by atoms with Crippen LogP contribution in [0, 0.1) is 11.5 Å². The lowest BCUT2D eigenvalue weighted by Gasteiger charge is -2.30.